The van der Waals surface area contributed by atoms with E-state index in [0.29, 0.717) is 5.92 Å². The lowest BCUT2D eigenvalue weighted by molar-refractivity contribution is 0.614. The van der Waals surface area contributed by atoms with Crippen LogP contribution in [0.5, 0.6) is 0 Å². The third-order valence-electron chi connectivity index (χ3n) is 2.18. The number of nitrogens with zero attached hydrogens (tertiary/aromatic N) is 2. The first kappa shape index (κ1) is 12.5. The molecule has 1 aromatic rings. The molecule has 0 atom stereocenters. The van der Waals surface area contributed by atoms with Crippen LogP contribution < -0.4 is 0 Å². The van der Waals surface area contributed by atoms with Crippen molar-refractivity contribution in [1.82, 2.24) is 9.78 Å². The minimum Gasteiger partial charge on any atom is -0.271 e. The van der Waals surface area contributed by atoms with Crippen LogP contribution in [0.1, 0.15) is 11.4 Å². The zero-order chi connectivity index (χ0) is 10.7. The number of hydrogen-bond donors (Lipinski definition) is 0. The molecule has 0 aliphatic heterocycles. The maximum Gasteiger partial charge on any atom is 0.0847 e. The van der Waals surface area contributed by atoms with Crippen LogP contribution in [0.3, 0.4) is 0 Å². The molecule has 0 aliphatic rings. The molecule has 14 heavy (non-hydrogen) atoms. The zero-order valence-electron chi connectivity index (χ0n) is 8.23. The van der Waals surface area contributed by atoms with E-state index in [2.05, 4.69) is 37.0 Å². The highest BCUT2D eigenvalue weighted by molar-refractivity contribution is 9.09. The van der Waals surface area contributed by atoms with Gasteiger partial charge in [-0.25, -0.2) is 0 Å². The van der Waals surface area contributed by atoms with Crippen molar-refractivity contribution in [3.05, 3.63) is 16.4 Å². The van der Waals surface area contributed by atoms with E-state index in [1.807, 2.05) is 18.7 Å². The molecule has 5 heteroatoms. The number of aromatic nitrogens is 2. The van der Waals surface area contributed by atoms with Gasteiger partial charge in [0.2, 0.25) is 0 Å². The molecule has 0 saturated carbocycles. The van der Waals surface area contributed by atoms with Crippen LogP contribution in [-0.2, 0) is 13.5 Å². The van der Waals surface area contributed by atoms with Crippen molar-refractivity contribution < 1.29 is 0 Å². The summed E-state index contributed by atoms with van der Waals surface area (Å²) in [4.78, 5) is 0. The van der Waals surface area contributed by atoms with Crippen molar-refractivity contribution in [1.29, 1.82) is 0 Å². The van der Waals surface area contributed by atoms with E-state index in [9.17, 15) is 0 Å². The summed E-state index contributed by atoms with van der Waals surface area (Å²) in [6, 6.07) is 0. The van der Waals surface area contributed by atoms with E-state index in [-0.39, 0.29) is 0 Å². The van der Waals surface area contributed by atoms with Crippen LogP contribution in [0.4, 0.5) is 0 Å². The Kier molecular flexibility index (Phi) is 4.94. The molecule has 1 aromatic heterocycles. The molecule has 1 rings (SSSR count). The predicted molar refractivity (Wildman–Crippen MR) is 67.7 cm³/mol. The van der Waals surface area contributed by atoms with Crippen LogP contribution in [0, 0.1) is 12.8 Å². The third-order valence-corrected chi connectivity index (χ3v) is 4.50. The highest BCUT2D eigenvalue weighted by atomic mass is 79.9. The molecule has 0 aromatic carbocycles. The molecular formula is C9H13Br2ClN2. The molecule has 0 N–H and O–H groups in total. The van der Waals surface area contributed by atoms with E-state index in [0.717, 1.165) is 33.5 Å². The van der Waals surface area contributed by atoms with Gasteiger partial charge >= 0.3 is 0 Å². The molecule has 0 bridgehead atoms. The van der Waals surface area contributed by atoms with Crippen LogP contribution in [0.25, 0.3) is 0 Å². The third kappa shape index (κ3) is 2.74. The topological polar surface area (TPSA) is 17.8 Å². The fourth-order valence-electron chi connectivity index (χ4n) is 1.33. The number of rotatable bonds is 4. The van der Waals surface area contributed by atoms with Gasteiger partial charge in [0.25, 0.3) is 0 Å². The summed E-state index contributed by atoms with van der Waals surface area (Å²) >= 11 is 13.1. The van der Waals surface area contributed by atoms with Gasteiger partial charge in [0.05, 0.1) is 16.4 Å². The van der Waals surface area contributed by atoms with Gasteiger partial charge in [-0.15, -0.1) is 0 Å². The van der Waals surface area contributed by atoms with Gasteiger partial charge in [0.1, 0.15) is 0 Å². The first-order chi connectivity index (χ1) is 6.60. The Morgan fingerprint density at radius 1 is 1.43 bits per heavy atom. The van der Waals surface area contributed by atoms with Crippen LogP contribution in [-0.4, -0.2) is 20.4 Å². The Balaban J connectivity index is 2.84. The predicted octanol–water partition coefficient (Wildman–Crippen LogP) is 3.33. The maximum absolute atomic E-state index is 6.16. The molecular weight excluding hydrogens is 331 g/mol. The van der Waals surface area contributed by atoms with E-state index >= 15 is 0 Å². The van der Waals surface area contributed by atoms with Crippen molar-refractivity contribution in [2.24, 2.45) is 13.0 Å². The van der Waals surface area contributed by atoms with Crippen molar-refractivity contribution in [3.8, 4) is 0 Å². The van der Waals surface area contributed by atoms with Gasteiger partial charge in [-0.3, -0.25) is 4.68 Å². The summed E-state index contributed by atoms with van der Waals surface area (Å²) in [6.07, 6.45) is 0.951. The average Bonchev–Trinajstić information content (AvgIpc) is 2.40. The van der Waals surface area contributed by atoms with Crippen LogP contribution in [0.2, 0.25) is 5.02 Å². The van der Waals surface area contributed by atoms with Gasteiger partial charge in [-0.05, 0) is 19.3 Å². The first-order valence-electron chi connectivity index (χ1n) is 4.40. The maximum atomic E-state index is 6.16. The number of hydrogen-bond acceptors (Lipinski definition) is 1. The Bertz CT molecular complexity index is 308. The minimum absolute atomic E-state index is 0.558. The Morgan fingerprint density at radius 2 is 2.00 bits per heavy atom. The second kappa shape index (κ2) is 5.52. The molecule has 80 valence electrons. The molecule has 1 heterocycles. The van der Waals surface area contributed by atoms with Crippen LogP contribution >= 0.6 is 43.5 Å². The summed E-state index contributed by atoms with van der Waals surface area (Å²) in [7, 11) is 1.94. The SMILES string of the molecule is Cc1nn(C)c(CC(CBr)CBr)c1Cl. The van der Waals surface area contributed by atoms with E-state index in [4.69, 9.17) is 11.6 Å². The standard InChI is InChI=1S/C9H13Br2ClN2/c1-6-9(12)8(14(2)13-6)3-7(4-10)5-11/h7H,3-5H2,1-2H3. The smallest absolute Gasteiger partial charge is 0.0847 e. The lowest BCUT2D eigenvalue weighted by Crippen LogP contribution is -2.11. The normalized spacial score (nSPS) is 11.3. The second-order valence-corrected chi connectivity index (χ2v) is 5.02. The molecule has 0 amide bonds. The fraction of sp³-hybridized carbons (Fsp3) is 0.667. The largest absolute Gasteiger partial charge is 0.271 e. The summed E-state index contributed by atoms with van der Waals surface area (Å²) in [6.45, 7) is 1.93. The summed E-state index contributed by atoms with van der Waals surface area (Å²) in [5, 5.41) is 7.03. The molecule has 2 nitrogen and oxygen atoms in total. The summed E-state index contributed by atoms with van der Waals surface area (Å²) in [5.41, 5.74) is 2.03. The fourth-order valence-corrected chi connectivity index (χ4v) is 3.09. The molecule has 0 radical (unpaired) electrons. The number of alkyl halides is 2. The average molecular weight is 344 g/mol. The molecule has 0 saturated heterocycles. The van der Waals surface area contributed by atoms with E-state index in [1.54, 1.807) is 0 Å². The minimum atomic E-state index is 0.558. The molecule has 0 spiro atoms. The lowest BCUT2D eigenvalue weighted by Gasteiger charge is -2.10. The van der Waals surface area contributed by atoms with Crippen molar-refractivity contribution in [3.63, 3.8) is 0 Å². The van der Waals surface area contributed by atoms with Gasteiger partial charge in [0.15, 0.2) is 0 Å². The second-order valence-electron chi connectivity index (χ2n) is 3.35. The van der Waals surface area contributed by atoms with Gasteiger partial charge in [-0.2, -0.15) is 5.10 Å². The molecule has 0 fully saturated rings. The Labute approximate surface area is 106 Å². The van der Waals surface area contributed by atoms with E-state index in [1.165, 1.54) is 0 Å². The zero-order valence-corrected chi connectivity index (χ0v) is 12.2. The number of halogens is 3. The highest BCUT2D eigenvalue weighted by Crippen LogP contribution is 2.23. The van der Waals surface area contributed by atoms with Gasteiger partial charge < -0.3 is 0 Å². The van der Waals surface area contributed by atoms with E-state index < -0.39 is 0 Å². The summed E-state index contributed by atoms with van der Waals surface area (Å²) in [5.74, 6) is 0.558. The quantitative estimate of drug-likeness (QED) is 0.766. The lowest BCUT2D eigenvalue weighted by atomic mass is 10.1. The highest BCUT2D eigenvalue weighted by Gasteiger charge is 2.15. The van der Waals surface area contributed by atoms with Crippen molar-refractivity contribution in [2.75, 3.05) is 10.7 Å². The Hall–Kier alpha value is 0.460. The monoisotopic (exact) mass is 342 g/mol. The Morgan fingerprint density at radius 3 is 2.36 bits per heavy atom. The first-order valence-corrected chi connectivity index (χ1v) is 7.02. The van der Waals surface area contributed by atoms with Crippen LogP contribution in [0.15, 0.2) is 0 Å². The van der Waals surface area contributed by atoms with Gasteiger partial charge in [-0.1, -0.05) is 43.5 Å². The number of aryl methyl sites for hydroxylation is 2. The van der Waals surface area contributed by atoms with Crippen molar-refractivity contribution >= 4 is 43.5 Å². The molecule has 0 unspecified atom stereocenters. The molecule has 0 aliphatic carbocycles. The van der Waals surface area contributed by atoms with Crippen molar-refractivity contribution in [2.45, 2.75) is 13.3 Å². The van der Waals surface area contributed by atoms with Gasteiger partial charge in [0, 0.05) is 17.7 Å². The summed E-state index contributed by atoms with van der Waals surface area (Å²) < 4.78 is 1.87.